The number of carbonyl (C=O) groups excluding carboxylic acids is 1. The SMILES string of the molecule is Cc1ccsc1-c1nc2cc(C(=O)N3CCCCC3)cc(N)n2n1. The van der Waals surface area contributed by atoms with Crippen LogP contribution in [0.5, 0.6) is 0 Å². The molecule has 1 aliphatic rings. The number of likely N-dealkylation sites (tertiary alicyclic amines) is 1. The average molecular weight is 341 g/mol. The molecule has 0 atom stereocenters. The van der Waals surface area contributed by atoms with Crippen LogP contribution in [0.15, 0.2) is 23.6 Å². The maximum atomic E-state index is 12.7. The molecule has 1 aliphatic heterocycles. The molecule has 3 aromatic heterocycles. The number of rotatable bonds is 2. The third-order valence-corrected chi connectivity index (χ3v) is 5.43. The third kappa shape index (κ3) is 2.54. The summed E-state index contributed by atoms with van der Waals surface area (Å²) in [6.07, 6.45) is 3.32. The van der Waals surface area contributed by atoms with Crippen LogP contribution in [-0.4, -0.2) is 38.5 Å². The van der Waals surface area contributed by atoms with Crippen molar-refractivity contribution in [2.24, 2.45) is 0 Å². The monoisotopic (exact) mass is 341 g/mol. The molecule has 4 heterocycles. The Kier molecular flexibility index (Phi) is 3.72. The maximum Gasteiger partial charge on any atom is 0.254 e. The van der Waals surface area contributed by atoms with Gasteiger partial charge in [-0.25, -0.2) is 4.98 Å². The van der Waals surface area contributed by atoms with Crippen molar-refractivity contribution in [3.05, 3.63) is 34.7 Å². The third-order valence-electron chi connectivity index (χ3n) is 4.42. The number of piperidine rings is 1. The van der Waals surface area contributed by atoms with Gasteiger partial charge < -0.3 is 10.6 Å². The molecule has 0 aliphatic carbocycles. The molecule has 4 rings (SSSR count). The van der Waals surface area contributed by atoms with E-state index < -0.39 is 0 Å². The van der Waals surface area contributed by atoms with E-state index in [1.807, 2.05) is 23.3 Å². The molecule has 7 heteroatoms. The molecule has 0 saturated carbocycles. The van der Waals surface area contributed by atoms with Gasteiger partial charge in [0.15, 0.2) is 11.5 Å². The number of nitrogens with zero attached hydrogens (tertiary/aromatic N) is 4. The van der Waals surface area contributed by atoms with Crippen molar-refractivity contribution in [3.8, 4) is 10.7 Å². The topological polar surface area (TPSA) is 76.5 Å². The van der Waals surface area contributed by atoms with E-state index in [2.05, 4.69) is 10.1 Å². The minimum absolute atomic E-state index is 0.0285. The van der Waals surface area contributed by atoms with E-state index in [1.165, 1.54) is 6.42 Å². The number of nitrogen functional groups attached to an aromatic ring is 1. The molecule has 1 amide bonds. The van der Waals surface area contributed by atoms with Crippen molar-refractivity contribution in [3.63, 3.8) is 0 Å². The van der Waals surface area contributed by atoms with Crippen molar-refractivity contribution in [2.45, 2.75) is 26.2 Å². The zero-order chi connectivity index (χ0) is 16.7. The first-order valence-electron chi connectivity index (χ1n) is 8.13. The molecule has 24 heavy (non-hydrogen) atoms. The number of fused-ring (bicyclic) bond motifs is 1. The van der Waals surface area contributed by atoms with E-state index in [1.54, 1.807) is 28.0 Å². The number of aryl methyl sites for hydroxylation is 1. The Hall–Kier alpha value is -2.41. The molecule has 0 radical (unpaired) electrons. The van der Waals surface area contributed by atoms with Crippen LogP contribution < -0.4 is 5.73 Å². The van der Waals surface area contributed by atoms with E-state index in [0.717, 1.165) is 36.4 Å². The number of amides is 1. The Balaban J connectivity index is 1.74. The van der Waals surface area contributed by atoms with E-state index >= 15 is 0 Å². The van der Waals surface area contributed by atoms with E-state index in [0.29, 0.717) is 22.9 Å². The first-order valence-corrected chi connectivity index (χ1v) is 9.01. The van der Waals surface area contributed by atoms with Gasteiger partial charge >= 0.3 is 0 Å². The van der Waals surface area contributed by atoms with Crippen LogP contribution in [-0.2, 0) is 0 Å². The number of thiophene rings is 1. The summed E-state index contributed by atoms with van der Waals surface area (Å²) in [4.78, 5) is 20.2. The highest BCUT2D eigenvalue weighted by Crippen LogP contribution is 2.27. The molecule has 0 unspecified atom stereocenters. The highest BCUT2D eigenvalue weighted by molar-refractivity contribution is 7.13. The van der Waals surface area contributed by atoms with Gasteiger partial charge in [-0.1, -0.05) is 0 Å². The number of anilines is 1. The number of carbonyl (C=O) groups is 1. The van der Waals surface area contributed by atoms with Crippen molar-refractivity contribution in [1.82, 2.24) is 19.5 Å². The van der Waals surface area contributed by atoms with Gasteiger partial charge in [0.1, 0.15) is 5.82 Å². The zero-order valence-corrected chi connectivity index (χ0v) is 14.3. The van der Waals surface area contributed by atoms with Crippen LogP contribution in [0, 0.1) is 6.92 Å². The number of aromatic nitrogens is 3. The lowest BCUT2D eigenvalue weighted by Crippen LogP contribution is -2.35. The largest absolute Gasteiger partial charge is 0.384 e. The van der Waals surface area contributed by atoms with Crippen LogP contribution in [0.1, 0.15) is 35.2 Å². The van der Waals surface area contributed by atoms with Crippen molar-refractivity contribution < 1.29 is 4.79 Å². The fraction of sp³-hybridized carbons (Fsp3) is 0.353. The van der Waals surface area contributed by atoms with Crippen LogP contribution in [0.4, 0.5) is 5.82 Å². The molecule has 124 valence electrons. The summed E-state index contributed by atoms with van der Waals surface area (Å²) < 4.78 is 1.60. The number of hydrogen-bond donors (Lipinski definition) is 1. The number of pyridine rings is 1. The Morgan fingerprint density at radius 1 is 1.25 bits per heavy atom. The minimum atomic E-state index is 0.0285. The highest BCUT2D eigenvalue weighted by Gasteiger charge is 2.20. The molecule has 0 aromatic carbocycles. The fourth-order valence-electron chi connectivity index (χ4n) is 3.11. The van der Waals surface area contributed by atoms with Crippen LogP contribution in [0.3, 0.4) is 0 Å². The van der Waals surface area contributed by atoms with Crippen molar-refractivity contribution >= 4 is 28.7 Å². The standard InChI is InChI=1S/C17H19N5OS/c1-11-5-8-24-15(11)16-19-14-10-12(9-13(18)22(14)20-16)17(23)21-6-3-2-4-7-21/h5,8-10H,2-4,6-7,18H2,1H3. The Labute approximate surface area is 143 Å². The highest BCUT2D eigenvalue weighted by atomic mass is 32.1. The number of hydrogen-bond acceptors (Lipinski definition) is 5. The summed E-state index contributed by atoms with van der Waals surface area (Å²) in [6, 6.07) is 5.52. The Morgan fingerprint density at radius 2 is 2.04 bits per heavy atom. The lowest BCUT2D eigenvalue weighted by Gasteiger charge is -2.26. The molecule has 1 saturated heterocycles. The van der Waals surface area contributed by atoms with E-state index in [4.69, 9.17) is 5.73 Å². The smallest absolute Gasteiger partial charge is 0.254 e. The summed E-state index contributed by atoms with van der Waals surface area (Å²) in [6.45, 7) is 3.67. The molecular formula is C17H19N5OS. The van der Waals surface area contributed by atoms with Crippen LogP contribution in [0.2, 0.25) is 0 Å². The maximum absolute atomic E-state index is 12.7. The van der Waals surface area contributed by atoms with Gasteiger partial charge in [0.2, 0.25) is 0 Å². The van der Waals surface area contributed by atoms with E-state index in [-0.39, 0.29) is 5.91 Å². The Bertz CT molecular complexity index is 907. The second-order valence-electron chi connectivity index (χ2n) is 6.16. The summed E-state index contributed by atoms with van der Waals surface area (Å²) in [7, 11) is 0. The molecule has 3 aromatic rings. The van der Waals surface area contributed by atoms with Gasteiger partial charge in [-0.15, -0.1) is 16.4 Å². The molecule has 0 bridgehead atoms. The second kappa shape index (κ2) is 5.90. The normalized spacial score (nSPS) is 15.1. The lowest BCUT2D eigenvalue weighted by atomic mass is 10.1. The molecule has 2 N–H and O–H groups in total. The van der Waals surface area contributed by atoms with Crippen molar-refractivity contribution in [1.29, 1.82) is 0 Å². The molecule has 6 nitrogen and oxygen atoms in total. The van der Waals surface area contributed by atoms with E-state index in [9.17, 15) is 4.79 Å². The summed E-state index contributed by atoms with van der Waals surface area (Å²) in [5, 5.41) is 6.51. The molecular weight excluding hydrogens is 322 g/mol. The van der Waals surface area contributed by atoms with Gasteiger partial charge in [0, 0.05) is 18.7 Å². The zero-order valence-electron chi connectivity index (χ0n) is 13.5. The summed E-state index contributed by atoms with van der Waals surface area (Å²) in [5.41, 5.74) is 8.46. The first kappa shape index (κ1) is 15.1. The van der Waals surface area contributed by atoms with Crippen LogP contribution >= 0.6 is 11.3 Å². The van der Waals surface area contributed by atoms with Gasteiger partial charge in [0.05, 0.1) is 4.88 Å². The predicted octanol–water partition coefficient (Wildman–Crippen LogP) is 2.97. The summed E-state index contributed by atoms with van der Waals surface area (Å²) in [5.74, 6) is 1.11. The van der Waals surface area contributed by atoms with Gasteiger partial charge in [-0.2, -0.15) is 4.52 Å². The molecule has 1 fully saturated rings. The molecule has 0 spiro atoms. The fourth-order valence-corrected chi connectivity index (χ4v) is 3.96. The lowest BCUT2D eigenvalue weighted by molar-refractivity contribution is 0.0724. The quantitative estimate of drug-likeness (QED) is 0.777. The van der Waals surface area contributed by atoms with Gasteiger partial charge in [-0.3, -0.25) is 4.79 Å². The average Bonchev–Trinajstić information content (AvgIpc) is 3.21. The van der Waals surface area contributed by atoms with Gasteiger partial charge in [-0.05, 0) is 55.3 Å². The summed E-state index contributed by atoms with van der Waals surface area (Å²) >= 11 is 1.60. The number of nitrogens with two attached hydrogens (primary N) is 1. The van der Waals surface area contributed by atoms with Gasteiger partial charge in [0.25, 0.3) is 5.91 Å². The van der Waals surface area contributed by atoms with Crippen molar-refractivity contribution in [2.75, 3.05) is 18.8 Å². The predicted molar refractivity (Wildman–Crippen MR) is 95.2 cm³/mol. The minimum Gasteiger partial charge on any atom is -0.384 e. The second-order valence-corrected chi connectivity index (χ2v) is 7.08. The Morgan fingerprint density at radius 3 is 2.75 bits per heavy atom. The first-order chi connectivity index (χ1) is 11.6. The van der Waals surface area contributed by atoms with Crippen LogP contribution in [0.25, 0.3) is 16.3 Å².